The number of alkyl halides is 1. The van der Waals surface area contributed by atoms with Gasteiger partial charge in [-0.25, -0.2) is 0 Å². The normalized spacial score (nSPS) is 15.2. The summed E-state index contributed by atoms with van der Waals surface area (Å²) >= 11 is 5.08. The zero-order valence-corrected chi connectivity index (χ0v) is 13.8. The van der Waals surface area contributed by atoms with Crippen LogP contribution >= 0.6 is 27.3 Å². The zero-order valence-electron chi connectivity index (χ0n) is 11.3. The van der Waals surface area contributed by atoms with Gasteiger partial charge >= 0.3 is 0 Å². The number of carbonyl (C=O) groups is 1. The van der Waals surface area contributed by atoms with Crippen LogP contribution in [0.3, 0.4) is 0 Å². The molecule has 1 aromatic heterocycles. The van der Waals surface area contributed by atoms with Crippen LogP contribution in [0, 0.1) is 0 Å². The van der Waals surface area contributed by atoms with Gasteiger partial charge in [-0.15, -0.1) is 11.3 Å². The standard InChI is InChI=1S/C16H18BrNOS/c17-9-4-10-18(13-6-3-7-13)16(19)15-11-12-5-1-2-8-14(12)20-15/h1-2,5,8,11,13H,3-4,6-7,9-10H2. The molecule has 2 aromatic rings. The van der Waals surface area contributed by atoms with Crippen LogP contribution in [0.15, 0.2) is 30.3 Å². The minimum absolute atomic E-state index is 0.219. The summed E-state index contributed by atoms with van der Waals surface area (Å²) in [6.45, 7) is 0.864. The van der Waals surface area contributed by atoms with Crippen molar-refractivity contribution in [3.8, 4) is 0 Å². The molecule has 0 aliphatic heterocycles. The van der Waals surface area contributed by atoms with Gasteiger partial charge in [-0.1, -0.05) is 34.1 Å². The first-order valence-corrected chi connectivity index (χ1v) is 9.09. The molecule has 3 rings (SSSR count). The molecule has 1 saturated carbocycles. The fourth-order valence-electron chi connectivity index (χ4n) is 2.61. The molecule has 0 saturated heterocycles. The molecule has 2 nitrogen and oxygen atoms in total. The number of thiophene rings is 1. The second kappa shape index (κ2) is 6.27. The maximum atomic E-state index is 12.8. The Bertz CT molecular complexity index is 572. The monoisotopic (exact) mass is 351 g/mol. The number of hydrogen-bond acceptors (Lipinski definition) is 2. The van der Waals surface area contributed by atoms with Crippen molar-refractivity contribution in [2.45, 2.75) is 31.7 Å². The summed E-state index contributed by atoms with van der Waals surface area (Å²) in [4.78, 5) is 15.8. The molecule has 4 heteroatoms. The molecule has 0 radical (unpaired) electrons. The number of hydrogen-bond donors (Lipinski definition) is 0. The van der Waals surface area contributed by atoms with Gasteiger partial charge < -0.3 is 4.90 Å². The van der Waals surface area contributed by atoms with Crippen molar-refractivity contribution < 1.29 is 4.79 Å². The Kier molecular flexibility index (Phi) is 4.41. The summed E-state index contributed by atoms with van der Waals surface area (Å²) in [6, 6.07) is 10.7. The Hall–Kier alpha value is -0.870. The zero-order chi connectivity index (χ0) is 13.9. The van der Waals surface area contributed by atoms with E-state index in [-0.39, 0.29) is 5.91 Å². The number of rotatable bonds is 5. The second-order valence-corrected chi connectivity index (χ2v) is 7.15. The minimum atomic E-state index is 0.219. The van der Waals surface area contributed by atoms with Crippen molar-refractivity contribution >= 4 is 43.3 Å². The highest BCUT2D eigenvalue weighted by molar-refractivity contribution is 9.09. The first-order valence-electron chi connectivity index (χ1n) is 7.15. The highest BCUT2D eigenvalue weighted by atomic mass is 79.9. The van der Waals surface area contributed by atoms with Gasteiger partial charge in [0.05, 0.1) is 4.88 Å². The van der Waals surface area contributed by atoms with E-state index in [1.54, 1.807) is 11.3 Å². The molecule has 1 aromatic carbocycles. The van der Waals surface area contributed by atoms with Crippen LogP contribution in [-0.4, -0.2) is 28.7 Å². The molecule has 1 heterocycles. The predicted octanol–water partition coefficient (Wildman–Crippen LogP) is 4.68. The molecule has 106 valence electrons. The summed E-state index contributed by atoms with van der Waals surface area (Å²) in [5.41, 5.74) is 0. The highest BCUT2D eigenvalue weighted by Gasteiger charge is 2.29. The van der Waals surface area contributed by atoms with Gasteiger partial charge in [-0.3, -0.25) is 4.79 Å². The molecule has 1 aliphatic carbocycles. The highest BCUT2D eigenvalue weighted by Crippen LogP contribution is 2.30. The SMILES string of the molecule is O=C(c1cc2ccccc2s1)N(CCCBr)C1CCC1. The number of carbonyl (C=O) groups excluding carboxylic acids is 1. The number of fused-ring (bicyclic) bond motifs is 1. The molecule has 0 unspecified atom stereocenters. The Balaban J connectivity index is 1.83. The van der Waals surface area contributed by atoms with E-state index in [9.17, 15) is 4.79 Å². The molecular weight excluding hydrogens is 334 g/mol. The van der Waals surface area contributed by atoms with Crippen molar-refractivity contribution in [2.24, 2.45) is 0 Å². The molecule has 0 bridgehead atoms. The second-order valence-electron chi connectivity index (χ2n) is 5.27. The van der Waals surface area contributed by atoms with Gasteiger partial charge in [0, 0.05) is 22.6 Å². The third-order valence-electron chi connectivity index (χ3n) is 3.95. The minimum Gasteiger partial charge on any atom is -0.335 e. The Labute approximate surface area is 131 Å². The van der Waals surface area contributed by atoms with Gasteiger partial charge in [0.1, 0.15) is 0 Å². The van der Waals surface area contributed by atoms with Crippen LogP contribution in [0.5, 0.6) is 0 Å². The van der Waals surface area contributed by atoms with Crippen LogP contribution in [0.2, 0.25) is 0 Å². The summed E-state index contributed by atoms with van der Waals surface area (Å²) in [7, 11) is 0. The van der Waals surface area contributed by atoms with E-state index in [0.29, 0.717) is 6.04 Å². The summed E-state index contributed by atoms with van der Waals surface area (Å²) < 4.78 is 1.20. The van der Waals surface area contributed by atoms with Gasteiger partial charge in [0.15, 0.2) is 0 Å². The molecule has 0 spiro atoms. The molecule has 1 aliphatic rings. The number of nitrogens with zero attached hydrogens (tertiary/aromatic N) is 1. The van der Waals surface area contributed by atoms with Gasteiger partial charge in [0.2, 0.25) is 0 Å². The van der Waals surface area contributed by atoms with Crippen molar-refractivity contribution in [3.63, 3.8) is 0 Å². The molecule has 1 amide bonds. The lowest BCUT2D eigenvalue weighted by atomic mass is 9.91. The smallest absolute Gasteiger partial charge is 0.264 e. The predicted molar refractivity (Wildman–Crippen MR) is 88.9 cm³/mol. The lowest BCUT2D eigenvalue weighted by molar-refractivity contribution is 0.0586. The first kappa shape index (κ1) is 14.1. The molecular formula is C16H18BrNOS. The Morgan fingerprint density at radius 2 is 2.15 bits per heavy atom. The van der Waals surface area contributed by atoms with E-state index in [2.05, 4.69) is 33.0 Å². The molecule has 0 N–H and O–H groups in total. The van der Waals surface area contributed by atoms with E-state index < -0.39 is 0 Å². The van der Waals surface area contributed by atoms with Crippen LogP contribution in [0.4, 0.5) is 0 Å². The molecule has 1 fully saturated rings. The Morgan fingerprint density at radius 3 is 2.80 bits per heavy atom. The number of halogens is 1. The van der Waals surface area contributed by atoms with E-state index in [1.165, 1.54) is 29.3 Å². The van der Waals surface area contributed by atoms with Crippen LogP contribution in [-0.2, 0) is 0 Å². The van der Waals surface area contributed by atoms with E-state index in [4.69, 9.17) is 0 Å². The van der Waals surface area contributed by atoms with Gasteiger partial charge in [-0.2, -0.15) is 0 Å². The molecule has 20 heavy (non-hydrogen) atoms. The lowest BCUT2D eigenvalue weighted by Crippen LogP contribution is -2.44. The average molecular weight is 352 g/mol. The maximum absolute atomic E-state index is 12.8. The fourth-order valence-corrected chi connectivity index (χ4v) is 3.88. The van der Waals surface area contributed by atoms with Gasteiger partial charge in [-0.05, 0) is 43.2 Å². The van der Waals surface area contributed by atoms with E-state index in [1.807, 2.05) is 18.2 Å². The largest absolute Gasteiger partial charge is 0.335 e. The maximum Gasteiger partial charge on any atom is 0.264 e. The topological polar surface area (TPSA) is 20.3 Å². The molecule has 0 atom stereocenters. The summed E-state index contributed by atoms with van der Waals surface area (Å²) in [5.74, 6) is 0.219. The lowest BCUT2D eigenvalue weighted by Gasteiger charge is -2.37. The average Bonchev–Trinajstić information content (AvgIpc) is 2.84. The van der Waals surface area contributed by atoms with Crippen molar-refractivity contribution in [1.82, 2.24) is 4.90 Å². The summed E-state index contributed by atoms with van der Waals surface area (Å²) in [5, 5.41) is 2.13. The van der Waals surface area contributed by atoms with Crippen molar-refractivity contribution in [1.29, 1.82) is 0 Å². The van der Waals surface area contributed by atoms with Crippen LogP contribution in [0.25, 0.3) is 10.1 Å². The van der Waals surface area contributed by atoms with E-state index in [0.717, 1.165) is 23.2 Å². The number of benzene rings is 1. The number of amides is 1. The summed E-state index contributed by atoms with van der Waals surface area (Å²) in [6.07, 6.45) is 4.61. The third kappa shape index (κ3) is 2.77. The fraction of sp³-hybridized carbons (Fsp3) is 0.438. The van der Waals surface area contributed by atoms with Crippen LogP contribution in [0.1, 0.15) is 35.4 Å². The van der Waals surface area contributed by atoms with Crippen molar-refractivity contribution in [2.75, 3.05) is 11.9 Å². The van der Waals surface area contributed by atoms with E-state index >= 15 is 0 Å². The quantitative estimate of drug-likeness (QED) is 0.716. The van der Waals surface area contributed by atoms with Gasteiger partial charge in [0.25, 0.3) is 5.91 Å². The Morgan fingerprint density at radius 1 is 1.35 bits per heavy atom. The first-order chi connectivity index (χ1) is 9.79. The third-order valence-corrected chi connectivity index (χ3v) is 5.61. The van der Waals surface area contributed by atoms with Crippen molar-refractivity contribution in [3.05, 3.63) is 35.2 Å². The van der Waals surface area contributed by atoms with Crippen LogP contribution < -0.4 is 0 Å².